The number of carbonyl (C=O) groups is 16. The Morgan fingerprint density at radius 1 is 0.604 bits per heavy atom. The summed E-state index contributed by atoms with van der Waals surface area (Å²) >= 11 is 0. The smallest absolute Gasteiger partial charge is 0.326 e. The minimum atomic E-state index is -3.89. The van der Waals surface area contributed by atoms with E-state index in [4.69, 9.17) is 15.6 Å². The van der Waals surface area contributed by atoms with Gasteiger partial charge in [0.1, 0.15) is 84.0 Å². The van der Waals surface area contributed by atoms with Crippen molar-refractivity contribution < 1.29 is 108 Å². The normalized spacial score (nSPS) is 28.8. The summed E-state index contributed by atoms with van der Waals surface area (Å²) in [5, 5.41) is 78.8. The highest BCUT2D eigenvalue weighted by Gasteiger charge is 2.42. The van der Waals surface area contributed by atoms with Crippen LogP contribution in [0.4, 0.5) is 0 Å². The molecule has 0 radical (unpaired) electrons. The first kappa shape index (κ1) is 75.2. The van der Waals surface area contributed by atoms with Crippen molar-refractivity contribution >= 4 is 159 Å². The van der Waals surface area contributed by atoms with Crippen LogP contribution in [-0.2, 0) is 89.6 Å². The maximum absolute atomic E-state index is 15.2. The summed E-state index contributed by atoms with van der Waals surface area (Å²) in [7, 11) is 4.19. The van der Waals surface area contributed by atoms with E-state index in [1.165, 1.54) is 48.5 Å². The summed E-state index contributed by atoms with van der Waals surface area (Å²) in [6.07, 6.45) is -5.69. The molecule has 36 nitrogen and oxygen atoms in total. The summed E-state index contributed by atoms with van der Waals surface area (Å²) in [4.78, 5) is 228. The van der Waals surface area contributed by atoms with Crippen LogP contribution < -0.4 is 75.3 Å². The van der Waals surface area contributed by atoms with E-state index in [0.29, 0.717) is 48.7 Å². The fraction of sp³-hybridized carbons (Fsp3) is 0.525. The maximum atomic E-state index is 15.2. The molecule has 101 heavy (non-hydrogen) atoms. The molecular weight excluding hydrogens is 1450 g/mol. The molecule has 4 fully saturated rings. The Hall–Kier alpha value is -8.42. The number of nitrogens with zero attached hydrogens (tertiary/aromatic N) is 1. The molecule has 4 aliphatic heterocycles. The van der Waals surface area contributed by atoms with Gasteiger partial charge in [0.15, 0.2) is 0 Å². The van der Waals surface area contributed by atoms with E-state index in [0.717, 1.165) is 33.4 Å². The fourth-order valence-electron chi connectivity index (χ4n) is 9.87. The van der Waals surface area contributed by atoms with Crippen LogP contribution in [0.3, 0.4) is 0 Å². The number of nitrogens with two attached hydrogens (primary N) is 2. The number of carboxylic acid groups (broad SMARTS) is 2. The van der Waals surface area contributed by atoms with Crippen molar-refractivity contribution in [2.24, 2.45) is 11.5 Å². The number of amides is 14. The Morgan fingerprint density at radius 2 is 1.10 bits per heavy atom. The van der Waals surface area contributed by atoms with E-state index in [-0.39, 0.29) is 48.6 Å². The van der Waals surface area contributed by atoms with E-state index < -0.39 is 247 Å². The molecule has 2 aromatic rings. The van der Waals surface area contributed by atoms with Crippen molar-refractivity contribution in [2.45, 2.75) is 143 Å². The number of fused-ring (bicyclic) bond motifs is 20. The van der Waals surface area contributed by atoms with Gasteiger partial charge < -0.3 is 106 Å². The van der Waals surface area contributed by atoms with Gasteiger partial charge in [0, 0.05) is 64.4 Å². The first-order valence-corrected chi connectivity index (χ1v) is 38.3. The number of phenols is 2. The molecule has 4 bridgehead atoms. The molecule has 4 aliphatic rings. The van der Waals surface area contributed by atoms with Crippen LogP contribution in [0.5, 0.6) is 11.5 Å². The Morgan fingerprint density at radius 3 is 1.65 bits per heavy atom. The summed E-state index contributed by atoms with van der Waals surface area (Å²) in [6.45, 7) is -4.32. The van der Waals surface area contributed by atoms with Crippen molar-refractivity contribution in [1.82, 2.24) is 68.7 Å². The third-order valence-electron chi connectivity index (χ3n) is 15.3. The van der Waals surface area contributed by atoms with Gasteiger partial charge in [-0.1, -0.05) is 89.0 Å². The summed E-state index contributed by atoms with van der Waals surface area (Å²) in [5.74, 6) is -25.2. The second-order valence-electron chi connectivity index (χ2n) is 23.1. The van der Waals surface area contributed by atoms with Crippen LogP contribution in [0.1, 0.15) is 62.5 Å². The van der Waals surface area contributed by atoms with Crippen LogP contribution in [0.2, 0.25) is 0 Å². The van der Waals surface area contributed by atoms with Gasteiger partial charge in [-0.05, 0) is 68.4 Å². The van der Waals surface area contributed by atoms with Gasteiger partial charge >= 0.3 is 11.9 Å². The monoisotopic (exact) mass is 1530 g/mol. The molecule has 4 heterocycles. The number of carbonyl (C=O) groups excluding carboxylic acids is 14. The SMILES string of the molecule is [2H]C([2H])([2H])C1([2H])NC(=O)C2CCCN2C(=O)C(CC(N)=O)NC(=O)C2CSSCC(N)C(=O)NC3CSSCC(NC1=O)C(=O)NC(C(C)O)C(=O)NCC(=O)NC(C(=O)NC(Cc1ccc(O)cc1)C(=O)O)CSSCC(NC(=O)C(Cc1ccc(O)cc1)NC(=O)C(CCC(=O)O)NC3=O)C(=O)N2. The minimum absolute atomic E-state index is 0.0314. The van der Waals surface area contributed by atoms with E-state index in [1.54, 1.807) is 0 Å². The zero-order valence-electron chi connectivity index (χ0n) is 57.6. The standard InChI is InChI=1S/C59H79N15O21S6/c1-26-47(82)69-41-25-101-99-22-38-52(87)65-33(13-14-45(80)81)49(84)66-34(16-28-5-9-30(76)10-6-28)50(85)71-40(54(89)72-39(23-97-96-20-32(60)48(83)70-38)53(88)67-35(18-43(61)78)58(93)74-15-3-4-42(74)56(91)63-26)24-100-98-21-37(64-44(79)19-62-57(92)46(27(2)75)73-55(41)90)51(86)68-36(59(94)95)17-29-7-11-31(77)12-8-29/h5-12,26-27,32-42,46,75-77H,3-4,13-25,60H2,1-2H3,(H2,61,78)(H,62,92)(H,63,91)(H,64,79)(H,65,87)(H,66,84)(H,67,88)(H,68,86)(H,69,82)(H,70,83)(H,71,85)(H,72,89)(H,73,90)(H,80,81)(H,94,95)/i1D3,26D. The molecule has 0 spiro atoms. The summed E-state index contributed by atoms with van der Waals surface area (Å²) in [6, 6.07) is -15.9. The molecule has 2 aromatic carbocycles. The molecule has 6 rings (SSSR count). The van der Waals surface area contributed by atoms with Crippen LogP contribution in [0.25, 0.3) is 0 Å². The highest BCUT2D eigenvalue weighted by atomic mass is 33.1. The second-order valence-corrected chi connectivity index (χ2v) is 30.7. The minimum Gasteiger partial charge on any atom is -0.508 e. The Kier molecular flexibility index (Phi) is 29.6. The van der Waals surface area contributed by atoms with Crippen molar-refractivity contribution in [1.29, 1.82) is 0 Å². The van der Waals surface area contributed by atoms with Gasteiger partial charge in [0.05, 0.1) is 26.5 Å². The van der Waals surface area contributed by atoms with Gasteiger partial charge in [-0.25, -0.2) is 4.79 Å². The van der Waals surface area contributed by atoms with Gasteiger partial charge in [-0.15, -0.1) is 0 Å². The lowest BCUT2D eigenvalue weighted by molar-refractivity contribution is -0.143. The lowest BCUT2D eigenvalue weighted by Crippen LogP contribution is -2.61. The van der Waals surface area contributed by atoms with Crippen molar-refractivity contribution in [3.8, 4) is 11.5 Å². The number of benzene rings is 2. The van der Waals surface area contributed by atoms with E-state index >= 15 is 9.59 Å². The molecule has 4 saturated heterocycles. The number of rotatable bonds is 13. The maximum Gasteiger partial charge on any atom is 0.326 e. The highest BCUT2D eigenvalue weighted by molar-refractivity contribution is 8.77. The zero-order chi connectivity index (χ0) is 77.6. The Balaban J connectivity index is 1.60. The zero-order valence-corrected chi connectivity index (χ0v) is 58.4. The number of primary amides is 1. The topological polar surface area (TPSA) is 574 Å². The first-order chi connectivity index (χ1) is 49.4. The molecular formula is C59H79N15O21S6. The van der Waals surface area contributed by atoms with Gasteiger partial charge in [-0.2, -0.15) is 0 Å². The number of hydrogen-bond donors (Lipinski definition) is 19. The molecule has 14 atom stereocenters. The molecule has 14 unspecified atom stereocenters. The number of carboxylic acids is 2. The molecule has 21 N–H and O–H groups in total. The molecule has 14 amide bonds. The average Bonchev–Trinajstić information content (AvgIpc) is 1.76. The van der Waals surface area contributed by atoms with Crippen LogP contribution in [0.15, 0.2) is 48.5 Å². The molecule has 0 aliphatic carbocycles. The van der Waals surface area contributed by atoms with Crippen LogP contribution in [0, 0.1) is 0 Å². The Bertz CT molecular complexity index is 3590. The van der Waals surface area contributed by atoms with E-state index in [1.807, 2.05) is 5.32 Å². The van der Waals surface area contributed by atoms with Crippen LogP contribution >= 0.6 is 64.8 Å². The van der Waals surface area contributed by atoms with E-state index in [2.05, 4.69) is 58.5 Å². The lowest BCUT2D eigenvalue weighted by atomic mass is 10.0. The van der Waals surface area contributed by atoms with E-state index in [9.17, 15) is 94.0 Å². The number of nitrogens with one attached hydrogen (secondary N) is 12. The predicted molar refractivity (Wildman–Crippen MR) is 371 cm³/mol. The third-order valence-corrected chi connectivity index (χ3v) is 22.6. The second kappa shape index (κ2) is 39.7. The average molecular weight is 1530 g/mol. The largest absolute Gasteiger partial charge is 0.508 e. The third kappa shape index (κ3) is 25.9. The summed E-state index contributed by atoms with van der Waals surface area (Å²) < 4.78 is 34.4. The summed E-state index contributed by atoms with van der Waals surface area (Å²) in [5.41, 5.74) is 12.5. The van der Waals surface area contributed by atoms with Crippen molar-refractivity contribution in [2.75, 3.05) is 47.6 Å². The molecule has 42 heteroatoms. The van der Waals surface area contributed by atoms with Gasteiger partial charge in [0.2, 0.25) is 82.7 Å². The quantitative estimate of drug-likeness (QED) is 0.0656. The molecule has 0 saturated carbocycles. The number of phenolic OH excluding ortho intramolecular Hbond substituents is 2. The van der Waals surface area contributed by atoms with Crippen molar-refractivity contribution in [3.05, 3.63) is 59.7 Å². The highest BCUT2D eigenvalue weighted by Crippen LogP contribution is 2.28. The fourth-order valence-corrected chi connectivity index (χ4v) is 16.8. The molecule has 552 valence electrons. The number of aliphatic carboxylic acids is 2. The van der Waals surface area contributed by atoms with Crippen LogP contribution in [-0.4, -0.2) is 257 Å². The van der Waals surface area contributed by atoms with Crippen molar-refractivity contribution in [3.63, 3.8) is 0 Å². The number of aromatic hydroxyl groups is 2. The predicted octanol–water partition coefficient (Wildman–Crippen LogP) is -5.94. The lowest BCUT2D eigenvalue weighted by Gasteiger charge is -2.30. The molecule has 0 aromatic heterocycles. The Labute approximate surface area is 606 Å². The number of aliphatic hydroxyl groups is 1. The number of hydrogen-bond acceptors (Lipinski definition) is 26. The number of aliphatic hydroxyl groups excluding tert-OH is 1. The van der Waals surface area contributed by atoms with Gasteiger partial charge in [0.25, 0.3) is 0 Å². The first-order valence-electron chi connectivity index (χ1n) is 32.8. The van der Waals surface area contributed by atoms with Gasteiger partial charge in [-0.3, -0.25) is 71.9 Å².